The van der Waals surface area contributed by atoms with E-state index < -0.39 is 0 Å². The van der Waals surface area contributed by atoms with Crippen molar-refractivity contribution in [2.45, 2.75) is 19.9 Å². The molecule has 1 aliphatic heterocycles. The first-order valence-electron chi connectivity index (χ1n) is 7.69. The number of amides is 1. The Balaban J connectivity index is 1.73. The maximum absolute atomic E-state index is 12.7. The van der Waals surface area contributed by atoms with Gasteiger partial charge in [-0.05, 0) is 37.6 Å². The molecule has 4 nitrogen and oxygen atoms in total. The summed E-state index contributed by atoms with van der Waals surface area (Å²) in [6.45, 7) is 6.47. The van der Waals surface area contributed by atoms with Crippen LogP contribution in [0.15, 0.2) is 48.7 Å². The van der Waals surface area contributed by atoms with Gasteiger partial charge in [-0.15, -0.1) is 0 Å². The van der Waals surface area contributed by atoms with Crippen LogP contribution in [0.25, 0.3) is 0 Å². The second kappa shape index (κ2) is 6.18. The standard InChI is InChI=1S/C18H21N3O/c1-14-7-6-10-19-17(14)18(22)21-12-11-20(13-15(21)2)16-8-4-3-5-9-16/h3-10,15H,11-13H2,1-2H3/t15-/m0/s1. The molecule has 0 aliphatic carbocycles. The molecule has 22 heavy (non-hydrogen) atoms. The zero-order valence-electron chi connectivity index (χ0n) is 13.1. The fourth-order valence-corrected chi connectivity index (χ4v) is 2.98. The van der Waals surface area contributed by atoms with Gasteiger partial charge in [0, 0.05) is 37.6 Å². The summed E-state index contributed by atoms with van der Waals surface area (Å²) < 4.78 is 0. The number of anilines is 1. The lowest BCUT2D eigenvalue weighted by Crippen LogP contribution is -2.54. The van der Waals surface area contributed by atoms with Crippen LogP contribution in [0, 0.1) is 6.92 Å². The smallest absolute Gasteiger partial charge is 0.273 e. The number of nitrogens with zero attached hydrogens (tertiary/aromatic N) is 3. The Morgan fingerprint density at radius 1 is 1.14 bits per heavy atom. The summed E-state index contributed by atoms with van der Waals surface area (Å²) in [5.74, 6) is 0.0401. The van der Waals surface area contributed by atoms with Crippen LogP contribution in [0.1, 0.15) is 23.0 Å². The van der Waals surface area contributed by atoms with Crippen LogP contribution in [-0.4, -0.2) is 41.5 Å². The lowest BCUT2D eigenvalue weighted by molar-refractivity contribution is 0.0667. The maximum atomic E-state index is 12.7. The van der Waals surface area contributed by atoms with E-state index in [4.69, 9.17) is 0 Å². The largest absolute Gasteiger partial charge is 0.368 e. The van der Waals surface area contributed by atoms with E-state index in [0.717, 1.165) is 25.2 Å². The van der Waals surface area contributed by atoms with Gasteiger partial charge >= 0.3 is 0 Å². The minimum Gasteiger partial charge on any atom is -0.368 e. The topological polar surface area (TPSA) is 36.4 Å². The molecule has 0 bridgehead atoms. The minimum atomic E-state index is 0.0401. The van der Waals surface area contributed by atoms with E-state index in [0.29, 0.717) is 5.69 Å². The predicted molar refractivity (Wildman–Crippen MR) is 88.1 cm³/mol. The molecule has 0 saturated carbocycles. The maximum Gasteiger partial charge on any atom is 0.273 e. The molecule has 2 heterocycles. The number of aryl methyl sites for hydroxylation is 1. The van der Waals surface area contributed by atoms with Gasteiger partial charge in [-0.25, -0.2) is 0 Å². The molecule has 0 N–H and O–H groups in total. The van der Waals surface area contributed by atoms with E-state index in [9.17, 15) is 4.79 Å². The fourth-order valence-electron chi connectivity index (χ4n) is 2.98. The summed E-state index contributed by atoms with van der Waals surface area (Å²) in [6, 6.07) is 14.3. The van der Waals surface area contributed by atoms with Crippen LogP contribution in [0.4, 0.5) is 5.69 Å². The van der Waals surface area contributed by atoms with E-state index >= 15 is 0 Å². The van der Waals surface area contributed by atoms with E-state index in [-0.39, 0.29) is 11.9 Å². The number of carbonyl (C=O) groups is 1. The van der Waals surface area contributed by atoms with E-state index in [1.54, 1.807) is 6.20 Å². The molecular formula is C18H21N3O. The summed E-state index contributed by atoms with van der Waals surface area (Å²) in [5.41, 5.74) is 2.73. The highest BCUT2D eigenvalue weighted by Crippen LogP contribution is 2.20. The molecule has 0 unspecified atom stereocenters. The van der Waals surface area contributed by atoms with Gasteiger partial charge in [0.1, 0.15) is 5.69 Å². The molecule has 1 amide bonds. The lowest BCUT2D eigenvalue weighted by Gasteiger charge is -2.41. The summed E-state index contributed by atoms with van der Waals surface area (Å²) >= 11 is 0. The van der Waals surface area contributed by atoms with Crippen molar-refractivity contribution in [3.63, 3.8) is 0 Å². The van der Waals surface area contributed by atoms with Crippen molar-refractivity contribution in [1.82, 2.24) is 9.88 Å². The first-order chi connectivity index (χ1) is 10.7. The second-order valence-electron chi connectivity index (χ2n) is 5.80. The number of hydrogen-bond acceptors (Lipinski definition) is 3. The number of benzene rings is 1. The Hall–Kier alpha value is -2.36. The first-order valence-corrected chi connectivity index (χ1v) is 7.69. The Bertz CT molecular complexity index is 656. The van der Waals surface area contributed by atoms with Crippen LogP contribution in [-0.2, 0) is 0 Å². The van der Waals surface area contributed by atoms with E-state index in [1.165, 1.54) is 5.69 Å². The molecule has 1 aliphatic rings. The van der Waals surface area contributed by atoms with Gasteiger partial charge in [0.2, 0.25) is 0 Å². The predicted octanol–water partition coefficient (Wildman–Crippen LogP) is 2.74. The zero-order valence-corrected chi connectivity index (χ0v) is 13.1. The molecule has 1 saturated heterocycles. The van der Waals surface area contributed by atoms with Crippen molar-refractivity contribution in [1.29, 1.82) is 0 Å². The molecule has 1 aromatic carbocycles. The molecule has 1 fully saturated rings. The number of carbonyl (C=O) groups excluding carboxylic acids is 1. The van der Waals surface area contributed by atoms with Crippen LogP contribution in [0.5, 0.6) is 0 Å². The first kappa shape index (κ1) is 14.6. The molecule has 114 valence electrons. The lowest BCUT2D eigenvalue weighted by atomic mass is 10.1. The van der Waals surface area contributed by atoms with Crippen molar-refractivity contribution in [3.05, 3.63) is 59.9 Å². The normalized spacial score (nSPS) is 18.4. The third kappa shape index (κ3) is 2.82. The van der Waals surface area contributed by atoms with Crippen molar-refractivity contribution in [3.8, 4) is 0 Å². The molecule has 4 heteroatoms. The Morgan fingerprint density at radius 3 is 2.59 bits per heavy atom. The summed E-state index contributed by atoms with van der Waals surface area (Å²) in [4.78, 5) is 21.3. The van der Waals surface area contributed by atoms with Crippen molar-refractivity contribution in [2.75, 3.05) is 24.5 Å². The SMILES string of the molecule is Cc1cccnc1C(=O)N1CCN(c2ccccc2)C[C@@H]1C. The Labute approximate surface area is 131 Å². The van der Waals surface area contributed by atoms with Crippen molar-refractivity contribution in [2.24, 2.45) is 0 Å². The number of rotatable bonds is 2. The van der Waals surface area contributed by atoms with Gasteiger partial charge in [-0.1, -0.05) is 24.3 Å². The van der Waals surface area contributed by atoms with Crippen LogP contribution >= 0.6 is 0 Å². The fraction of sp³-hybridized carbons (Fsp3) is 0.333. The van der Waals surface area contributed by atoms with Gasteiger partial charge < -0.3 is 9.80 Å². The Morgan fingerprint density at radius 2 is 1.91 bits per heavy atom. The van der Waals surface area contributed by atoms with Crippen LogP contribution in [0.2, 0.25) is 0 Å². The molecular weight excluding hydrogens is 274 g/mol. The third-order valence-corrected chi connectivity index (χ3v) is 4.22. The van der Waals surface area contributed by atoms with E-state index in [2.05, 4.69) is 41.1 Å². The average Bonchev–Trinajstić information content (AvgIpc) is 2.55. The number of piperazine rings is 1. The second-order valence-corrected chi connectivity index (χ2v) is 5.80. The quantitative estimate of drug-likeness (QED) is 0.855. The zero-order chi connectivity index (χ0) is 15.5. The molecule has 1 aromatic heterocycles. The Kier molecular flexibility index (Phi) is 4.09. The average molecular weight is 295 g/mol. The number of aromatic nitrogens is 1. The highest BCUT2D eigenvalue weighted by atomic mass is 16.2. The molecule has 0 radical (unpaired) electrons. The number of hydrogen-bond donors (Lipinski definition) is 0. The molecule has 2 aromatic rings. The van der Waals surface area contributed by atoms with Crippen LogP contribution in [0.3, 0.4) is 0 Å². The molecule has 1 atom stereocenters. The highest BCUT2D eigenvalue weighted by Gasteiger charge is 2.29. The highest BCUT2D eigenvalue weighted by molar-refractivity contribution is 5.94. The number of pyridine rings is 1. The monoisotopic (exact) mass is 295 g/mol. The molecule has 3 rings (SSSR count). The van der Waals surface area contributed by atoms with Crippen LogP contribution < -0.4 is 4.90 Å². The van der Waals surface area contributed by atoms with Gasteiger partial charge in [-0.2, -0.15) is 0 Å². The van der Waals surface area contributed by atoms with Gasteiger partial charge in [0.25, 0.3) is 5.91 Å². The van der Waals surface area contributed by atoms with Gasteiger partial charge in [-0.3, -0.25) is 9.78 Å². The van der Waals surface area contributed by atoms with Gasteiger partial charge in [0.05, 0.1) is 0 Å². The van der Waals surface area contributed by atoms with E-state index in [1.807, 2.05) is 30.0 Å². The summed E-state index contributed by atoms with van der Waals surface area (Å²) in [7, 11) is 0. The van der Waals surface area contributed by atoms with Gasteiger partial charge in [0.15, 0.2) is 0 Å². The molecule has 0 spiro atoms. The number of para-hydroxylation sites is 1. The summed E-state index contributed by atoms with van der Waals surface area (Å²) in [6.07, 6.45) is 1.69. The van der Waals surface area contributed by atoms with Crippen molar-refractivity contribution < 1.29 is 4.79 Å². The van der Waals surface area contributed by atoms with Crippen molar-refractivity contribution >= 4 is 11.6 Å². The third-order valence-electron chi connectivity index (χ3n) is 4.22. The minimum absolute atomic E-state index is 0.0401. The summed E-state index contributed by atoms with van der Waals surface area (Å²) in [5, 5.41) is 0.